The lowest BCUT2D eigenvalue weighted by Crippen LogP contribution is -2.63. The number of rotatable bonds is 5. The van der Waals surface area contributed by atoms with Gasteiger partial charge in [0.1, 0.15) is 11.4 Å². The molecule has 1 saturated heterocycles. The number of piperidine rings is 1. The van der Waals surface area contributed by atoms with Gasteiger partial charge in [-0.25, -0.2) is 9.07 Å². The van der Waals surface area contributed by atoms with Crippen molar-refractivity contribution in [2.75, 3.05) is 19.6 Å². The monoisotopic (exact) mass is 399 g/mol. The van der Waals surface area contributed by atoms with Crippen molar-refractivity contribution in [3.63, 3.8) is 0 Å². The minimum Gasteiger partial charge on any atom is -0.336 e. The summed E-state index contributed by atoms with van der Waals surface area (Å²) in [5, 5.41) is 9.59. The van der Waals surface area contributed by atoms with E-state index in [1.165, 1.54) is 29.1 Å². The van der Waals surface area contributed by atoms with Crippen LogP contribution in [0, 0.1) is 5.82 Å². The highest BCUT2D eigenvalue weighted by Crippen LogP contribution is 2.38. The number of carbonyl (C=O) groups excluding carboxylic acids is 1. The fraction of sp³-hybridized carbons (Fsp3) is 0.500. The topological polar surface area (TPSA) is 63.1 Å². The van der Waals surface area contributed by atoms with Gasteiger partial charge < -0.3 is 10.2 Å². The van der Waals surface area contributed by atoms with E-state index in [1.807, 2.05) is 11.8 Å². The standard InChI is InChI=1S/C18H21F4N5O/c1-2-26-8-6-17(7-9-26,18(20,21)22)23-16(28)15-12-27(25-24-15)11-13-4-3-5-14(19)10-13/h3-5,10,12H,2,6-9,11H2,1H3,(H,23,28). The lowest BCUT2D eigenvalue weighted by molar-refractivity contribution is -0.205. The number of benzene rings is 1. The van der Waals surface area contributed by atoms with Crippen molar-refractivity contribution < 1.29 is 22.4 Å². The van der Waals surface area contributed by atoms with Crippen LogP contribution in [0.3, 0.4) is 0 Å². The predicted octanol–water partition coefficient (Wildman–Crippen LogP) is 2.61. The summed E-state index contributed by atoms with van der Waals surface area (Å²) >= 11 is 0. The van der Waals surface area contributed by atoms with Gasteiger partial charge in [0.2, 0.25) is 0 Å². The summed E-state index contributed by atoms with van der Waals surface area (Å²) in [4.78, 5) is 14.3. The van der Waals surface area contributed by atoms with Crippen molar-refractivity contribution in [2.24, 2.45) is 0 Å². The molecule has 1 aromatic heterocycles. The molecule has 0 radical (unpaired) electrons. The van der Waals surface area contributed by atoms with Crippen LogP contribution in [0.4, 0.5) is 17.6 Å². The Balaban J connectivity index is 1.72. The number of nitrogens with zero attached hydrogens (tertiary/aromatic N) is 4. The van der Waals surface area contributed by atoms with Gasteiger partial charge in [0, 0.05) is 13.1 Å². The Hall–Kier alpha value is -2.49. The average molecular weight is 399 g/mol. The summed E-state index contributed by atoms with van der Waals surface area (Å²) in [5.41, 5.74) is -1.89. The van der Waals surface area contributed by atoms with Gasteiger partial charge in [0.25, 0.3) is 5.91 Å². The lowest BCUT2D eigenvalue weighted by atomic mass is 9.86. The molecule has 0 aliphatic carbocycles. The summed E-state index contributed by atoms with van der Waals surface area (Å²) < 4.78 is 55.7. The minimum atomic E-state index is -4.57. The average Bonchev–Trinajstić information content (AvgIpc) is 3.10. The second-order valence-corrected chi connectivity index (χ2v) is 6.90. The molecule has 10 heteroatoms. The van der Waals surface area contributed by atoms with Crippen LogP contribution in [-0.4, -0.2) is 57.2 Å². The number of amides is 1. The molecule has 0 spiro atoms. The molecule has 6 nitrogen and oxygen atoms in total. The Bertz CT molecular complexity index is 827. The predicted molar refractivity (Wildman–Crippen MR) is 93.1 cm³/mol. The zero-order valence-electron chi connectivity index (χ0n) is 15.3. The van der Waals surface area contributed by atoms with Gasteiger partial charge in [-0.2, -0.15) is 13.2 Å². The number of hydrogen-bond donors (Lipinski definition) is 1. The highest BCUT2D eigenvalue weighted by Gasteiger charge is 2.56. The van der Waals surface area contributed by atoms with Crippen molar-refractivity contribution in [3.8, 4) is 0 Å². The third kappa shape index (κ3) is 4.32. The van der Waals surface area contributed by atoms with Gasteiger partial charge in [0.15, 0.2) is 5.69 Å². The third-order valence-electron chi connectivity index (χ3n) is 5.06. The minimum absolute atomic E-state index is 0.147. The molecule has 0 unspecified atom stereocenters. The first-order valence-electron chi connectivity index (χ1n) is 8.98. The van der Waals surface area contributed by atoms with Crippen molar-refractivity contribution in [1.29, 1.82) is 0 Å². The summed E-state index contributed by atoms with van der Waals surface area (Å²) in [5.74, 6) is -1.34. The Kier molecular flexibility index (Phi) is 5.69. The molecule has 1 N–H and O–H groups in total. The normalized spacial score (nSPS) is 17.5. The SMILES string of the molecule is CCN1CCC(NC(=O)c2cn(Cc3cccc(F)c3)nn2)(C(F)(F)F)CC1. The van der Waals surface area contributed by atoms with E-state index in [-0.39, 0.29) is 38.2 Å². The van der Waals surface area contributed by atoms with Crippen molar-refractivity contribution in [2.45, 2.75) is 38.0 Å². The number of carbonyl (C=O) groups is 1. The van der Waals surface area contributed by atoms with Crippen molar-refractivity contribution >= 4 is 5.91 Å². The highest BCUT2D eigenvalue weighted by atomic mass is 19.4. The molecule has 1 aromatic carbocycles. The van der Waals surface area contributed by atoms with E-state index in [1.54, 1.807) is 6.07 Å². The van der Waals surface area contributed by atoms with E-state index < -0.39 is 23.4 Å². The number of aromatic nitrogens is 3. The van der Waals surface area contributed by atoms with Gasteiger partial charge in [0.05, 0.1) is 12.7 Å². The fourth-order valence-corrected chi connectivity index (χ4v) is 3.31. The van der Waals surface area contributed by atoms with Crippen LogP contribution >= 0.6 is 0 Å². The van der Waals surface area contributed by atoms with E-state index >= 15 is 0 Å². The number of halogens is 4. The van der Waals surface area contributed by atoms with Crippen LogP contribution in [0.15, 0.2) is 30.5 Å². The van der Waals surface area contributed by atoms with Crippen LogP contribution in [0.5, 0.6) is 0 Å². The zero-order chi connectivity index (χ0) is 20.4. The second-order valence-electron chi connectivity index (χ2n) is 6.90. The zero-order valence-corrected chi connectivity index (χ0v) is 15.3. The molecule has 28 heavy (non-hydrogen) atoms. The summed E-state index contributed by atoms with van der Waals surface area (Å²) in [6.07, 6.45) is -3.74. The van der Waals surface area contributed by atoms with Gasteiger partial charge in [-0.1, -0.05) is 24.3 Å². The second kappa shape index (κ2) is 7.86. The maximum Gasteiger partial charge on any atom is 0.411 e. The Labute approximate surface area is 159 Å². The van der Waals surface area contributed by atoms with Crippen LogP contribution in [0.25, 0.3) is 0 Å². The van der Waals surface area contributed by atoms with Crippen molar-refractivity contribution in [1.82, 2.24) is 25.2 Å². The van der Waals surface area contributed by atoms with Gasteiger partial charge >= 0.3 is 6.18 Å². The highest BCUT2D eigenvalue weighted by molar-refractivity contribution is 5.92. The van der Waals surface area contributed by atoms with E-state index in [0.717, 1.165) is 0 Å². The molecule has 0 atom stereocenters. The largest absolute Gasteiger partial charge is 0.411 e. The molecule has 152 valence electrons. The first-order chi connectivity index (χ1) is 13.2. The van der Waals surface area contributed by atoms with Gasteiger partial charge in [-0.3, -0.25) is 4.79 Å². The van der Waals surface area contributed by atoms with Gasteiger partial charge in [-0.05, 0) is 37.1 Å². The lowest BCUT2D eigenvalue weighted by Gasteiger charge is -2.42. The molecular weight excluding hydrogens is 378 g/mol. The number of nitrogens with one attached hydrogen (secondary N) is 1. The molecule has 1 fully saturated rings. The smallest absolute Gasteiger partial charge is 0.336 e. The molecule has 0 saturated carbocycles. The molecular formula is C18H21F4N5O. The molecule has 2 heterocycles. The molecule has 2 aromatic rings. The van der Waals surface area contributed by atoms with Crippen molar-refractivity contribution in [3.05, 3.63) is 47.5 Å². The van der Waals surface area contributed by atoms with Crippen LogP contribution in [-0.2, 0) is 6.54 Å². The van der Waals surface area contributed by atoms with Gasteiger partial charge in [-0.15, -0.1) is 5.10 Å². The van der Waals surface area contributed by atoms with Crippen LogP contribution in [0.1, 0.15) is 35.8 Å². The summed E-state index contributed by atoms with van der Waals surface area (Å²) in [6, 6.07) is 5.81. The number of alkyl halides is 3. The summed E-state index contributed by atoms with van der Waals surface area (Å²) in [7, 11) is 0. The first kappa shape index (κ1) is 20.2. The van der Waals surface area contributed by atoms with E-state index in [9.17, 15) is 22.4 Å². The van der Waals surface area contributed by atoms with E-state index in [2.05, 4.69) is 15.6 Å². The molecule has 0 bridgehead atoms. The van der Waals surface area contributed by atoms with E-state index in [0.29, 0.717) is 12.1 Å². The maximum atomic E-state index is 13.7. The Morgan fingerprint density at radius 3 is 2.61 bits per heavy atom. The molecule has 1 amide bonds. The quantitative estimate of drug-likeness (QED) is 0.786. The van der Waals surface area contributed by atoms with E-state index in [4.69, 9.17) is 0 Å². The molecule has 3 rings (SSSR count). The number of hydrogen-bond acceptors (Lipinski definition) is 4. The Morgan fingerprint density at radius 1 is 1.29 bits per heavy atom. The Morgan fingerprint density at radius 2 is 2.00 bits per heavy atom. The fourth-order valence-electron chi connectivity index (χ4n) is 3.31. The maximum absolute atomic E-state index is 13.7. The number of likely N-dealkylation sites (tertiary alicyclic amines) is 1. The molecule has 1 aliphatic heterocycles. The van der Waals surface area contributed by atoms with Crippen LogP contribution < -0.4 is 5.32 Å². The van der Waals surface area contributed by atoms with Crippen LogP contribution in [0.2, 0.25) is 0 Å². The third-order valence-corrected chi connectivity index (χ3v) is 5.06. The summed E-state index contributed by atoms with van der Waals surface area (Å²) in [6.45, 7) is 3.20. The molecule has 1 aliphatic rings. The first-order valence-corrected chi connectivity index (χ1v) is 8.98.